The molecular formula is C87H144O17P2. The first kappa shape index (κ1) is 101. The number of esters is 4. The fraction of sp³-hybridized carbons (Fsp3) is 0.655. The van der Waals surface area contributed by atoms with Gasteiger partial charge in [0.2, 0.25) is 0 Å². The fourth-order valence-electron chi connectivity index (χ4n) is 10.3. The highest BCUT2D eigenvalue weighted by Crippen LogP contribution is 2.45. The van der Waals surface area contributed by atoms with Crippen molar-refractivity contribution in [2.75, 3.05) is 39.6 Å². The van der Waals surface area contributed by atoms with E-state index in [-0.39, 0.29) is 25.7 Å². The quantitative estimate of drug-likeness (QED) is 0.0169. The number of phosphoric acid groups is 2. The normalized spacial score (nSPS) is 14.7. The second kappa shape index (κ2) is 77.8. The Balaban J connectivity index is 5.47. The maximum Gasteiger partial charge on any atom is 0.472 e. The second-order valence-corrected chi connectivity index (χ2v) is 29.5. The molecule has 0 bridgehead atoms. The summed E-state index contributed by atoms with van der Waals surface area (Å²) in [5.74, 6) is -2.32. The molecule has 0 saturated heterocycles. The smallest absolute Gasteiger partial charge is 0.462 e. The lowest BCUT2D eigenvalue weighted by atomic mass is 10.1. The fourth-order valence-corrected chi connectivity index (χ4v) is 11.9. The zero-order valence-corrected chi connectivity index (χ0v) is 67.8. The molecule has 0 aromatic heterocycles. The highest BCUT2D eigenvalue weighted by molar-refractivity contribution is 7.47. The van der Waals surface area contributed by atoms with E-state index in [1.165, 1.54) is 38.5 Å². The predicted molar refractivity (Wildman–Crippen MR) is 436 cm³/mol. The number of carbonyl (C=O) groups is 4. The van der Waals surface area contributed by atoms with E-state index in [1.54, 1.807) is 0 Å². The summed E-state index contributed by atoms with van der Waals surface area (Å²) in [5, 5.41) is 10.7. The molecule has 0 radical (unpaired) electrons. The van der Waals surface area contributed by atoms with Gasteiger partial charge in [-0.3, -0.25) is 37.3 Å². The van der Waals surface area contributed by atoms with Crippen molar-refractivity contribution in [2.45, 2.75) is 329 Å². The van der Waals surface area contributed by atoms with Crippen molar-refractivity contribution in [1.82, 2.24) is 0 Å². The molecule has 0 aliphatic heterocycles. The van der Waals surface area contributed by atoms with Gasteiger partial charge in [0.1, 0.15) is 19.3 Å². The molecule has 0 saturated carbocycles. The number of ether oxygens (including phenoxy) is 4. The number of aliphatic hydroxyl groups is 1. The molecular weight excluding hydrogens is 1380 g/mol. The van der Waals surface area contributed by atoms with Crippen molar-refractivity contribution in [2.24, 2.45) is 0 Å². The molecule has 0 amide bonds. The molecule has 3 N–H and O–H groups in total. The predicted octanol–water partition coefficient (Wildman–Crippen LogP) is 24.0. The Morgan fingerprint density at radius 1 is 0.274 bits per heavy atom. The second-order valence-electron chi connectivity index (χ2n) is 26.6. The molecule has 0 aliphatic rings. The van der Waals surface area contributed by atoms with Crippen LogP contribution in [0.25, 0.3) is 0 Å². The van der Waals surface area contributed by atoms with Crippen molar-refractivity contribution in [3.63, 3.8) is 0 Å². The molecule has 0 fully saturated rings. The number of hydrogen-bond acceptors (Lipinski definition) is 15. The lowest BCUT2D eigenvalue weighted by molar-refractivity contribution is -0.161. The van der Waals surface area contributed by atoms with Gasteiger partial charge >= 0.3 is 39.5 Å². The molecule has 5 unspecified atom stereocenters. The Morgan fingerprint density at radius 3 is 0.811 bits per heavy atom. The van der Waals surface area contributed by atoms with Gasteiger partial charge in [-0.05, 0) is 161 Å². The van der Waals surface area contributed by atoms with E-state index in [2.05, 4.69) is 167 Å². The van der Waals surface area contributed by atoms with Crippen LogP contribution in [0.4, 0.5) is 0 Å². The molecule has 17 nitrogen and oxygen atoms in total. The molecule has 0 aliphatic carbocycles. The van der Waals surface area contributed by atoms with Crippen molar-refractivity contribution < 1.29 is 80.2 Å². The SMILES string of the molecule is CC/C=C\C/C=C\C/C=C\C/C=C\C/C=C\C/C=C\CCC(=O)OCC(COP(=O)(O)OCC(O)COP(=O)(O)OCC(COC(=O)CCCCCCC/C=C\C/C=C\CCCCC)OC(=O)CCCCCCC/C=C\C/C=C\CCCCC)OC(=O)CCCCCCCCC/C=C\C/C=C\C/C=C\CC. The Labute approximate surface area is 642 Å². The van der Waals surface area contributed by atoms with Crippen LogP contribution in [-0.2, 0) is 65.4 Å². The van der Waals surface area contributed by atoms with E-state index in [4.69, 9.17) is 37.0 Å². The van der Waals surface area contributed by atoms with Gasteiger partial charge in [0.15, 0.2) is 12.2 Å². The minimum Gasteiger partial charge on any atom is -0.462 e. The summed E-state index contributed by atoms with van der Waals surface area (Å²) >= 11 is 0. The summed E-state index contributed by atoms with van der Waals surface area (Å²) in [6, 6.07) is 0. The highest BCUT2D eigenvalue weighted by Gasteiger charge is 2.30. The maximum atomic E-state index is 13.1. The van der Waals surface area contributed by atoms with Gasteiger partial charge in [-0.1, -0.05) is 282 Å². The van der Waals surface area contributed by atoms with Crippen LogP contribution >= 0.6 is 15.6 Å². The average molecular weight is 1520 g/mol. The molecule has 0 rings (SSSR count). The number of hydrogen-bond donors (Lipinski definition) is 3. The molecule has 0 spiro atoms. The molecule has 106 heavy (non-hydrogen) atoms. The molecule has 5 atom stereocenters. The van der Waals surface area contributed by atoms with Gasteiger partial charge in [-0.15, -0.1) is 0 Å². The van der Waals surface area contributed by atoms with Gasteiger partial charge in [0.25, 0.3) is 0 Å². The number of unbranched alkanes of at least 4 members (excludes halogenated alkanes) is 23. The summed E-state index contributed by atoms with van der Waals surface area (Å²) in [4.78, 5) is 73.1. The number of carbonyl (C=O) groups excluding carboxylic acids is 4. The Morgan fingerprint density at radius 2 is 0.509 bits per heavy atom. The molecule has 0 aromatic rings. The third-order valence-electron chi connectivity index (χ3n) is 16.5. The number of allylic oxidation sites excluding steroid dienone is 26. The number of phosphoric ester groups is 2. The van der Waals surface area contributed by atoms with Gasteiger partial charge in [-0.25, -0.2) is 9.13 Å². The minimum atomic E-state index is -5.01. The monoisotopic (exact) mass is 1520 g/mol. The lowest BCUT2D eigenvalue weighted by Crippen LogP contribution is -2.30. The minimum absolute atomic E-state index is 0.0286. The van der Waals surface area contributed by atoms with Gasteiger partial charge in [-0.2, -0.15) is 0 Å². The largest absolute Gasteiger partial charge is 0.472 e. The van der Waals surface area contributed by atoms with Crippen LogP contribution in [0.15, 0.2) is 158 Å². The average Bonchev–Trinajstić information content (AvgIpc) is 0.902. The number of aliphatic hydroxyl groups excluding tert-OH is 1. The zero-order chi connectivity index (χ0) is 77.4. The number of rotatable bonds is 75. The van der Waals surface area contributed by atoms with Crippen LogP contribution in [0.2, 0.25) is 0 Å². The van der Waals surface area contributed by atoms with E-state index >= 15 is 0 Å². The van der Waals surface area contributed by atoms with Crippen LogP contribution in [0.1, 0.15) is 310 Å². The standard InChI is InChI=1S/C87H144O17P2/c1-5-9-13-17-21-25-29-33-37-39-40-42-45-48-52-56-60-64-68-72-85(90)98-78-83(104-87(92)74-70-66-62-58-54-50-46-41-38-34-30-26-22-18-14-10-6-2)80-102-106(95,96)100-76-81(88)75-99-105(93,94)101-79-82(103-86(91)73-69-65-61-57-53-49-44-36-32-28-24-20-16-12-8-4)77-97-84(89)71-67-63-59-55-51-47-43-35-31-27-23-19-15-11-7-3/h9-10,13-14,21-28,33-38,40,42-44,48,52,60,64,81-83,88H,5-8,11-12,15-20,29-32,39,41,45-47,49-51,53-59,61-63,65-80H2,1-4H3,(H,93,94)(H,95,96)/b13-9-,14-10-,25-21-,26-22-,27-23-,28-24-,37-33-,38-34-,42-40-,43-35-,44-36-,52-48-,64-60-. The van der Waals surface area contributed by atoms with Crippen molar-refractivity contribution in [1.29, 1.82) is 0 Å². The Bertz CT molecular complexity index is 2630. The Hall–Kier alpha value is -5.32. The lowest BCUT2D eigenvalue weighted by Gasteiger charge is -2.21. The highest BCUT2D eigenvalue weighted by atomic mass is 31.2. The summed E-state index contributed by atoms with van der Waals surface area (Å²) in [6.45, 7) is 4.48. The Kier molecular flexibility index (Phi) is 73.9. The van der Waals surface area contributed by atoms with E-state index in [0.717, 1.165) is 186 Å². The topological polar surface area (TPSA) is 237 Å². The van der Waals surface area contributed by atoms with E-state index in [9.17, 15) is 43.2 Å². The summed E-state index contributed by atoms with van der Waals surface area (Å²) in [7, 11) is -10.0. The summed E-state index contributed by atoms with van der Waals surface area (Å²) in [6.07, 6.45) is 90.8. The molecule has 0 heterocycles. The van der Waals surface area contributed by atoms with E-state index in [0.29, 0.717) is 32.1 Å². The maximum absolute atomic E-state index is 13.1. The van der Waals surface area contributed by atoms with Crippen molar-refractivity contribution in [3.8, 4) is 0 Å². The third-order valence-corrected chi connectivity index (χ3v) is 18.4. The van der Waals surface area contributed by atoms with Crippen LogP contribution in [0.5, 0.6) is 0 Å². The summed E-state index contributed by atoms with van der Waals surface area (Å²) < 4.78 is 68.6. The third kappa shape index (κ3) is 76.9. The van der Waals surface area contributed by atoms with Crippen LogP contribution in [0, 0.1) is 0 Å². The van der Waals surface area contributed by atoms with Gasteiger partial charge < -0.3 is 33.8 Å². The van der Waals surface area contributed by atoms with Crippen LogP contribution in [0.3, 0.4) is 0 Å². The van der Waals surface area contributed by atoms with Crippen molar-refractivity contribution in [3.05, 3.63) is 158 Å². The van der Waals surface area contributed by atoms with Gasteiger partial charge in [0.05, 0.1) is 26.4 Å². The van der Waals surface area contributed by atoms with E-state index in [1.807, 2.05) is 18.2 Å². The van der Waals surface area contributed by atoms with Crippen molar-refractivity contribution >= 4 is 39.5 Å². The molecule has 0 aromatic carbocycles. The first-order chi connectivity index (χ1) is 51.7. The molecule has 19 heteroatoms. The zero-order valence-electron chi connectivity index (χ0n) is 66.1. The van der Waals surface area contributed by atoms with Crippen LogP contribution < -0.4 is 0 Å². The molecule has 604 valence electrons. The van der Waals surface area contributed by atoms with E-state index < -0.39 is 97.5 Å². The summed E-state index contributed by atoms with van der Waals surface area (Å²) in [5.41, 5.74) is 0. The van der Waals surface area contributed by atoms with Crippen LogP contribution in [-0.4, -0.2) is 96.7 Å². The first-order valence-electron chi connectivity index (χ1n) is 40.7. The van der Waals surface area contributed by atoms with Gasteiger partial charge in [0, 0.05) is 25.7 Å². The first-order valence-corrected chi connectivity index (χ1v) is 43.7.